The van der Waals surface area contributed by atoms with Gasteiger partial charge < -0.3 is 14.6 Å². The molecule has 0 aliphatic carbocycles. The summed E-state index contributed by atoms with van der Waals surface area (Å²) in [5.41, 5.74) is 0.339. The van der Waals surface area contributed by atoms with E-state index < -0.39 is 0 Å². The SMILES string of the molecule is CCOC1CCN(C(=O)c2ccc(=O)[nH]c2)CC1. The fourth-order valence-corrected chi connectivity index (χ4v) is 2.19. The lowest BCUT2D eigenvalue weighted by molar-refractivity contribution is 0.0146. The van der Waals surface area contributed by atoms with Gasteiger partial charge in [0.1, 0.15) is 0 Å². The molecule has 0 spiro atoms. The molecule has 1 aromatic rings. The highest BCUT2D eigenvalue weighted by molar-refractivity contribution is 5.93. The number of carbonyl (C=O) groups excluding carboxylic acids is 1. The molecule has 1 fully saturated rings. The fourth-order valence-electron chi connectivity index (χ4n) is 2.19. The first-order valence-corrected chi connectivity index (χ1v) is 6.30. The third kappa shape index (κ3) is 2.98. The van der Waals surface area contributed by atoms with Crippen LogP contribution in [0.1, 0.15) is 30.1 Å². The van der Waals surface area contributed by atoms with Crippen LogP contribution >= 0.6 is 0 Å². The standard InChI is InChI=1S/C13H18N2O3/c1-2-18-11-5-7-15(8-6-11)13(17)10-3-4-12(16)14-9-10/h3-4,9,11H,2,5-8H2,1H3,(H,14,16). The van der Waals surface area contributed by atoms with Crippen LogP contribution in [0, 0.1) is 0 Å². The number of ether oxygens (including phenoxy) is 1. The number of nitrogens with one attached hydrogen (secondary N) is 1. The number of likely N-dealkylation sites (tertiary alicyclic amines) is 1. The molecule has 0 radical (unpaired) electrons. The molecule has 5 nitrogen and oxygen atoms in total. The number of aromatic nitrogens is 1. The molecule has 0 aromatic carbocycles. The average Bonchev–Trinajstić information content (AvgIpc) is 2.40. The molecule has 0 atom stereocenters. The monoisotopic (exact) mass is 250 g/mol. The van der Waals surface area contributed by atoms with Crippen LogP contribution in [0.15, 0.2) is 23.1 Å². The van der Waals surface area contributed by atoms with Crippen LogP contribution in [0.2, 0.25) is 0 Å². The van der Waals surface area contributed by atoms with E-state index in [0.29, 0.717) is 18.7 Å². The van der Waals surface area contributed by atoms with Gasteiger partial charge in [0.25, 0.3) is 5.91 Å². The van der Waals surface area contributed by atoms with Gasteiger partial charge in [0, 0.05) is 32.0 Å². The fraction of sp³-hybridized carbons (Fsp3) is 0.538. The lowest BCUT2D eigenvalue weighted by atomic mass is 10.1. The Labute approximate surface area is 106 Å². The Bertz CT molecular complexity index is 441. The van der Waals surface area contributed by atoms with Gasteiger partial charge in [-0.3, -0.25) is 9.59 Å². The molecule has 0 bridgehead atoms. The summed E-state index contributed by atoms with van der Waals surface area (Å²) in [5.74, 6) is -0.0267. The van der Waals surface area contributed by atoms with Gasteiger partial charge in [0.2, 0.25) is 5.56 Å². The summed E-state index contributed by atoms with van der Waals surface area (Å²) in [6.07, 6.45) is 3.50. The summed E-state index contributed by atoms with van der Waals surface area (Å²) < 4.78 is 5.55. The van der Waals surface area contributed by atoms with E-state index in [1.165, 1.54) is 12.3 Å². The molecule has 1 aliphatic rings. The quantitative estimate of drug-likeness (QED) is 0.871. The summed E-state index contributed by atoms with van der Waals surface area (Å²) in [6.45, 7) is 4.13. The minimum atomic E-state index is -0.193. The highest BCUT2D eigenvalue weighted by Crippen LogP contribution is 2.15. The lowest BCUT2D eigenvalue weighted by Gasteiger charge is -2.31. The van der Waals surface area contributed by atoms with E-state index in [9.17, 15) is 9.59 Å². The molecule has 2 heterocycles. The molecule has 5 heteroatoms. The second-order valence-electron chi connectivity index (χ2n) is 4.39. The largest absolute Gasteiger partial charge is 0.378 e. The second kappa shape index (κ2) is 5.82. The zero-order valence-electron chi connectivity index (χ0n) is 10.5. The number of piperidine rings is 1. The molecule has 0 saturated carbocycles. The van der Waals surface area contributed by atoms with Crippen LogP contribution in [0.25, 0.3) is 0 Å². The minimum absolute atomic E-state index is 0.0267. The van der Waals surface area contributed by atoms with Crippen LogP contribution in [-0.2, 0) is 4.74 Å². The molecule has 1 aliphatic heterocycles. The Morgan fingerprint density at radius 2 is 2.17 bits per heavy atom. The van der Waals surface area contributed by atoms with E-state index in [1.54, 1.807) is 6.07 Å². The van der Waals surface area contributed by atoms with E-state index in [2.05, 4.69) is 4.98 Å². The van der Waals surface area contributed by atoms with E-state index in [4.69, 9.17) is 4.74 Å². The Morgan fingerprint density at radius 1 is 1.44 bits per heavy atom. The van der Waals surface area contributed by atoms with E-state index >= 15 is 0 Å². The molecule has 98 valence electrons. The highest BCUT2D eigenvalue weighted by atomic mass is 16.5. The lowest BCUT2D eigenvalue weighted by Crippen LogP contribution is -2.41. The van der Waals surface area contributed by atoms with Crippen molar-refractivity contribution in [3.63, 3.8) is 0 Å². The number of hydrogen-bond donors (Lipinski definition) is 1. The first-order chi connectivity index (χ1) is 8.70. The van der Waals surface area contributed by atoms with Gasteiger partial charge in [-0.25, -0.2) is 0 Å². The maximum atomic E-state index is 12.1. The van der Waals surface area contributed by atoms with Crippen LogP contribution in [-0.4, -0.2) is 41.6 Å². The summed E-state index contributed by atoms with van der Waals surface area (Å²) in [6, 6.07) is 2.94. The summed E-state index contributed by atoms with van der Waals surface area (Å²) in [7, 11) is 0. The predicted octanol–water partition coefficient (Wildman–Crippen LogP) is 1.02. The van der Waals surface area contributed by atoms with Crippen molar-refractivity contribution in [2.45, 2.75) is 25.9 Å². The third-order valence-corrected chi connectivity index (χ3v) is 3.16. The number of rotatable bonds is 3. The Morgan fingerprint density at radius 3 is 2.72 bits per heavy atom. The van der Waals surface area contributed by atoms with Crippen molar-refractivity contribution in [1.82, 2.24) is 9.88 Å². The average molecular weight is 250 g/mol. The second-order valence-corrected chi connectivity index (χ2v) is 4.39. The van der Waals surface area contributed by atoms with Crippen LogP contribution in [0.5, 0.6) is 0 Å². The number of amides is 1. The van der Waals surface area contributed by atoms with E-state index in [1.807, 2.05) is 11.8 Å². The van der Waals surface area contributed by atoms with Crippen molar-refractivity contribution in [2.24, 2.45) is 0 Å². The van der Waals surface area contributed by atoms with Crippen molar-refractivity contribution in [1.29, 1.82) is 0 Å². The Kier molecular flexibility index (Phi) is 4.15. The number of H-pyrrole nitrogens is 1. The van der Waals surface area contributed by atoms with Gasteiger partial charge in [0.05, 0.1) is 11.7 Å². The number of nitrogens with zero attached hydrogens (tertiary/aromatic N) is 1. The zero-order valence-corrected chi connectivity index (χ0v) is 10.5. The normalized spacial score (nSPS) is 16.8. The molecule has 1 saturated heterocycles. The molecule has 1 N–H and O–H groups in total. The molecule has 1 amide bonds. The van der Waals surface area contributed by atoms with Crippen molar-refractivity contribution >= 4 is 5.91 Å². The summed E-state index contributed by atoms with van der Waals surface area (Å²) in [5, 5.41) is 0. The minimum Gasteiger partial charge on any atom is -0.378 e. The Balaban J connectivity index is 1.95. The maximum absolute atomic E-state index is 12.1. The van der Waals surface area contributed by atoms with Gasteiger partial charge in [-0.05, 0) is 25.8 Å². The topological polar surface area (TPSA) is 62.4 Å². The summed E-state index contributed by atoms with van der Waals surface area (Å²) >= 11 is 0. The Hall–Kier alpha value is -1.62. The van der Waals surface area contributed by atoms with E-state index in [0.717, 1.165) is 19.4 Å². The van der Waals surface area contributed by atoms with Crippen molar-refractivity contribution < 1.29 is 9.53 Å². The van der Waals surface area contributed by atoms with Gasteiger partial charge in [-0.15, -0.1) is 0 Å². The van der Waals surface area contributed by atoms with Crippen LogP contribution in [0.4, 0.5) is 0 Å². The molecule has 2 rings (SSSR count). The number of hydrogen-bond acceptors (Lipinski definition) is 3. The zero-order chi connectivity index (χ0) is 13.0. The molecule has 1 aromatic heterocycles. The predicted molar refractivity (Wildman–Crippen MR) is 67.6 cm³/mol. The van der Waals surface area contributed by atoms with Gasteiger partial charge in [-0.2, -0.15) is 0 Å². The van der Waals surface area contributed by atoms with Crippen molar-refractivity contribution in [3.05, 3.63) is 34.2 Å². The van der Waals surface area contributed by atoms with Gasteiger partial charge in [0.15, 0.2) is 0 Å². The number of carbonyl (C=O) groups is 1. The highest BCUT2D eigenvalue weighted by Gasteiger charge is 2.23. The van der Waals surface area contributed by atoms with Crippen molar-refractivity contribution in [2.75, 3.05) is 19.7 Å². The van der Waals surface area contributed by atoms with Gasteiger partial charge in [-0.1, -0.05) is 0 Å². The molecule has 0 unspecified atom stereocenters. The number of pyridine rings is 1. The van der Waals surface area contributed by atoms with Gasteiger partial charge >= 0.3 is 0 Å². The van der Waals surface area contributed by atoms with Crippen molar-refractivity contribution in [3.8, 4) is 0 Å². The summed E-state index contributed by atoms with van der Waals surface area (Å²) in [4.78, 5) is 27.4. The third-order valence-electron chi connectivity index (χ3n) is 3.16. The number of aromatic amines is 1. The van der Waals surface area contributed by atoms with Crippen LogP contribution < -0.4 is 5.56 Å². The molecular weight excluding hydrogens is 232 g/mol. The van der Waals surface area contributed by atoms with Crippen LogP contribution in [0.3, 0.4) is 0 Å². The van der Waals surface area contributed by atoms with E-state index in [-0.39, 0.29) is 17.6 Å². The first kappa shape index (κ1) is 12.8. The first-order valence-electron chi connectivity index (χ1n) is 6.30. The molecular formula is C13H18N2O3. The molecule has 18 heavy (non-hydrogen) atoms. The smallest absolute Gasteiger partial charge is 0.255 e. The maximum Gasteiger partial charge on any atom is 0.255 e.